The highest BCUT2D eigenvalue weighted by Crippen LogP contribution is 2.20. The second-order valence-electron chi connectivity index (χ2n) is 7.70. The fraction of sp³-hybridized carbons (Fsp3) is 0.952. The van der Waals surface area contributed by atoms with Crippen LogP contribution in [0.4, 0.5) is 0 Å². The highest BCUT2D eigenvalue weighted by Gasteiger charge is 2.17. The Hall–Kier alpha value is -0.530. The van der Waals surface area contributed by atoms with Gasteiger partial charge in [0.05, 0.1) is 5.92 Å². The average molecular weight is 327 g/mol. The molecule has 0 aliphatic heterocycles. The fourth-order valence-electron chi connectivity index (χ4n) is 3.32. The molecule has 0 heterocycles. The second-order valence-corrected chi connectivity index (χ2v) is 7.70. The zero-order valence-electron chi connectivity index (χ0n) is 16.1. The van der Waals surface area contributed by atoms with E-state index in [0.29, 0.717) is 5.92 Å². The Kier molecular flexibility index (Phi) is 16.0. The van der Waals surface area contributed by atoms with Gasteiger partial charge in [-0.25, -0.2) is 0 Å². The zero-order valence-corrected chi connectivity index (χ0v) is 16.1. The molecule has 0 aromatic carbocycles. The van der Waals surface area contributed by atoms with E-state index in [1.54, 1.807) is 0 Å². The molecule has 0 amide bonds. The third kappa shape index (κ3) is 16.1. The summed E-state index contributed by atoms with van der Waals surface area (Å²) in [6.07, 6.45) is 19.2. The summed E-state index contributed by atoms with van der Waals surface area (Å²) in [5.41, 5.74) is 0. The third-order valence-corrected chi connectivity index (χ3v) is 4.76. The van der Waals surface area contributed by atoms with Crippen molar-refractivity contribution in [2.24, 2.45) is 11.8 Å². The van der Waals surface area contributed by atoms with Gasteiger partial charge in [-0.15, -0.1) is 0 Å². The molecular formula is C21H42O2. The number of rotatable bonds is 17. The standard InChI is InChI=1S/C21H42O2/c1-4-5-6-7-8-9-10-11-12-13-14-15-16-17-20(21(22)23)18-19(2)3/h19-20H,4-18H2,1-3H3,(H,22,23). The van der Waals surface area contributed by atoms with Crippen LogP contribution in [-0.4, -0.2) is 11.1 Å². The lowest BCUT2D eigenvalue weighted by Crippen LogP contribution is -2.15. The molecule has 0 fully saturated rings. The highest BCUT2D eigenvalue weighted by molar-refractivity contribution is 5.69. The Morgan fingerprint density at radius 2 is 1.13 bits per heavy atom. The van der Waals surface area contributed by atoms with Gasteiger partial charge in [-0.2, -0.15) is 0 Å². The topological polar surface area (TPSA) is 37.3 Å². The Labute approximate surface area is 145 Å². The molecule has 2 heteroatoms. The van der Waals surface area contributed by atoms with Crippen LogP contribution < -0.4 is 0 Å². The van der Waals surface area contributed by atoms with E-state index in [-0.39, 0.29) is 5.92 Å². The van der Waals surface area contributed by atoms with E-state index in [2.05, 4.69) is 20.8 Å². The first-order valence-corrected chi connectivity index (χ1v) is 10.3. The Morgan fingerprint density at radius 1 is 0.739 bits per heavy atom. The lowest BCUT2D eigenvalue weighted by Gasteiger charge is -2.14. The second kappa shape index (κ2) is 16.3. The van der Waals surface area contributed by atoms with E-state index in [4.69, 9.17) is 0 Å². The van der Waals surface area contributed by atoms with Crippen molar-refractivity contribution < 1.29 is 9.90 Å². The molecule has 0 bridgehead atoms. The predicted molar refractivity (Wildman–Crippen MR) is 101 cm³/mol. The molecule has 0 saturated heterocycles. The first kappa shape index (κ1) is 22.5. The van der Waals surface area contributed by atoms with Crippen LogP contribution in [0.3, 0.4) is 0 Å². The molecule has 0 spiro atoms. The molecular weight excluding hydrogens is 284 g/mol. The minimum Gasteiger partial charge on any atom is -0.481 e. The van der Waals surface area contributed by atoms with E-state index in [0.717, 1.165) is 19.3 Å². The zero-order chi connectivity index (χ0) is 17.3. The van der Waals surface area contributed by atoms with Crippen LogP contribution in [0, 0.1) is 11.8 Å². The number of unbranched alkanes of at least 4 members (excludes halogenated alkanes) is 12. The maximum atomic E-state index is 11.2. The Balaban J connectivity index is 3.30. The van der Waals surface area contributed by atoms with Crippen molar-refractivity contribution in [3.63, 3.8) is 0 Å². The average Bonchev–Trinajstić information content (AvgIpc) is 2.50. The highest BCUT2D eigenvalue weighted by atomic mass is 16.4. The van der Waals surface area contributed by atoms with Crippen LogP contribution >= 0.6 is 0 Å². The van der Waals surface area contributed by atoms with E-state index in [9.17, 15) is 9.90 Å². The van der Waals surface area contributed by atoms with Crippen molar-refractivity contribution in [3.05, 3.63) is 0 Å². The third-order valence-electron chi connectivity index (χ3n) is 4.76. The maximum absolute atomic E-state index is 11.2. The molecule has 2 nitrogen and oxygen atoms in total. The lowest BCUT2D eigenvalue weighted by atomic mass is 9.92. The van der Waals surface area contributed by atoms with E-state index in [1.807, 2.05) is 0 Å². The summed E-state index contributed by atoms with van der Waals surface area (Å²) < 4.78 is 0. The van der Waals surface area contributed by atoms with Crippen molar-refractivity contribution >= 4 is 5.97 Å². The molecule has 0 saturated carbocycles. The quantitative estimate of drug-likeness (QED) is 0.287. The maximum Gasteiger partial charge on any atom is 0.306 e. The van der Waals surface area contributed by atoms with Gasteiger partial charge < -0.3 is 5.11 Å². The van der Waals surface area contributed by atoms with Gasteiger partial charge in [0.25, 0.3) is 0 Å². The monoisotopic (exact) mass is 326 g/mol. The number of aliphatic carboxylic acids is 1. The SMILES string of the molecule is CCCCCCCCCCCCCCCC(CC(C)C)C(=O)O. The molecule has 138 valence electrons. The molecule has 1 atom stereocenters. The minimum absolute atomic E-state index is 0.122. The Morgan fingerprint density at radius 3 is 1.48 bits per heavy atom. The van der Waals surface area contributed by atoms with Crippen LogP contribution in [0.15, 0.2) is 0 Å². The molecule has 0 aliphatic rings. The summed E-state index contributed by atoms with van der Waals surface area (Å²) >= 11 is 0. The summed E-state index contributed by atoms with van der Waals surface area (Å²) in [6, 6.07) is 0. The first-order valence-electron chi connectivity index (χ1n) is 10.3. The molecule has 0 aromatic rings. The van der Waals surface area contributed by atoms with Gasteiger partial charge in [0, 0.05) is 0 Å². The lowest BCUT2D eigenvalue weighted by molar-refractivity contribution is -0.142. The normalized spacial score (nSPS) is 12.7. The Bertz CT molecular complexity index is 261. The van der Waals surface area contributed by atoms with E-state index < -0.39 is 5.97 Å². The number of carboxylic acid groups (broad SMARTS) is 1. The molecule has 1 N–H and O–H groups in total. The van der Waals surface area contributed by atoms with Crippen molar-refractivity contribution in [2.45, 2.75) is 117 Å². The molecule has 1 unspecified atom stereocenters. The molecule has 0 aromatic heterocycles. The molecule has 0 aliphatic carbocycles. The first-order chi connectivity index (χ1) is 11.1. The molecule has 0 radical (unpaired) electrons. The van der Waals surface area contributed by atoms with Gasteiger partial charge in [-0.1, -0.05) is 104 Å². The summed E-state index contributed by atoms with van der Waals surface area (Å²) in [5.74, 6) is -0.238. The fourth-order valence-corrected chi connectivity index (χ4v) is 3.32. The van der Waals surface area contributed by atoms with Crippen molar-refractivity contribution in [3.8, 4) is 0 Å². The van der Waals surface area contributed by atoms with Crippen molar-refractivity contribution in [2.75, 3.05) is 0 Å². The number of carbonyl (C=O) groups is 1. The smallest absolute Gasteiger partial charge is 0.306 e. The van der Waals surface area contributed by atoms with Crippen LogP contribution in [0.2, 0.25) is 0 Å². The predicted octanol–water partition coefficient (Wildman–Crippen LogP) is 7.21. The van der Waals surface area contributed by atoms with Crippen molar-refractivity contribution in [1.82, 2.24) is 0 Å². The summed E-state index contributed by atoms with van der Waals surface area (Å²) in [5, 5.41) is 9.21. The largest absolute Gasteiger partial charge is 0.481 e. The summed E-state index contributed by atoms with van der Waals surface area (Å²) in [7, 11) is 0. The van der Waals surface area contributed by atoms with Crippen LogP contribution in [0.5, 0.6) is 0 Å². The minimum atomic E-state index is -0.599. The molecule has 0 rings (SSSR count). The van der Waals surface area contributed by atoms with Gasteiger partial charge >= 0.3 is 5.97 Å². The van der Waals surface area contributed by atoms with Gasteiger partial charge in [0.15, 0.2) is 0 Å². The van der Waals surface area contributed by atoms with Gasteiger partial charge in [-0.3, -0.25) is 4.79 Å². The summed E-state index contributed by atoms with van der Waals surface area (Å²) in [4.78, 5) is 11.2. The van der Waals surface area contributed by atoms with Crippen LogP contribution in [-0.2, 0) is 4.79 Å². The number of hydrogen-bond acceptors (Lipinski definition) is 1. The van der Waals surface area contributed by atoms with Crippen molar-refractivity contribution in [1.29, 1.82) is 0 Å². The number of hydrogen-bond donors (Lipinski definition) is 1. The summed E-state index contributed by atoms with van der Waals surface area (Å²) in [6.45, 7) is 6.49. The van der Waals surface area contributed by atoms with Gasteiger partial charge in [0.2, 0.25) is 0 Å². The van der Waals surface area contributed by atoms with E-state index in [1.165, 1.54) is 77.0 Å². The number of carboxylic acids is 1. The van der Waals surface area contributed by atoms with Crippen LogP contribution in [0.1, 0.15) is 117 Å². The molecule has 23 heavy (non-hydrogen) atoms. The van der Waals surface area contributed by atoms with E-state index >= 15 is 0 Å². The van der Waals surface area contributed by atoms with Gasteiger partial charge in [0.1, 0.15) is 0 Å². The van der Waals surface area contributed by atoms with Crippen LogP contribution in [0.25, 0.3) is 0 Å². The van der Waals surface area contributed by atoms with Gasteiger partial charge in [-0.05, 0) is 18.8 Å².